The number of ketones is 1. The number of thioether (sulfide) groups is 1. The fourth-order valence-electron chi connectivity index (χ4n) is 1.93. The van der Waals surface area contributed by atoms with Gasteiger partial charge in [0.25, 0.3) is 0 Å². The van der Waals surface area contributed by atoms with Crippen LogP contribution >= 0.6 is 11.8 Å². The van der Waals surface area contributed by atoms with Crippen molar-refractivity contribution in [2.75, 3.05) is 6.26 Å². The maximum absolute atomic E-state index is 12.3. The number of rotatable bonds is 5. The number of carbonyl (C=O) groups excluding carboxylic acids is 1. The predicted molar refractivity (Wildman–Crippen MR) is 85.6 cm³/mol. The van der Waals surface area contributed by atoms with Gasteiger partial charge in [-0.3, -0.25) is 4.79 Å². The Kier molecular flexibility index (Phi) is 4.85. The topological polar surface area (TPSA) is 51.2 Å². The van der Waals surface area contributed by atoms with Crippen LogP contribution in [0, 0.1) is 0 Å². The van der Waals surface area contributed by atoms with E-state index in [2.05, 4.69) is 0 Å². The van der Waals surface area contributed by atoms with Gasteiger partial charge < -0.3 is 0 Å². The average Bonchev–Trinajstić information content (AvgIpc) is 2.47. The van der Waals surface area contributed by atoms with Crippen LogP contribution in [0.1, 0.15) is 17.3 Å². The highest BCUT2D eigenvalue weighted by Crippen LogP contribution is 2.31. The van der Waals surface area contributed by atoms with Crippen molar-refractivity contribution in [2.24, 2.45) is 0 Å². The largest absolute Gasteiger partial charge is 0.293 e. The smallest absolute Gasteiger partial charge is 0.176 e. The second-order valence-electron chi connectivity index (χ2n) is 4.71. The molecule has 0 amide bonds. The molecule has 0 aromatic heterocycles. The Morgan fingerprint density at radius 3 is 2.19 bits per heavy atom. The first-order valence-electron chi connectivity index (χ1n) is 6.44. The zero-order chi connectivity index (χ0) is 15.5. The molecule has 0 N–H and O–H groups in total. The van der Waals surface area contributed by atoms with E-state index in [4.69, 9.17) is 0 Å². The summed E-state index contributed by atoms with van der Waals surface area (Å²) in [4.78, 5) is 13.2. The van der Waals surface area contributed by atoms with E-state index in [1.165, 1.54) is 18.0 Å². The van der Waals surface area contributed by atoms with Gasteiger partial charge in [0.05, 0.1) is 10.1 Å². The van der Waals surface area contributed by atoms with Gasteiger partial charge in [0.1, 0.15) is 0 Å². The minimum absolute atomic E-state index is 0.0103. The number of hydrogen-bond donors (Lipinski definition) is 0. The van der Waals surface area contributed by atoms with E-state index in [9.17, 15) is 13.2 Å². The third-order valence-corrected chi connectivity index (χ3v) is 5.44. The fourth-order valence-corrected chi connectivity index (χ4v) is 4.26. The summed E-state index contributed by atoms with van der Waals surface area (Å²) < 4.78 is 23.6. The lowest BCUT2D eigenvalue weighted by Crippen LogP contribution is -2.14. The van der Waals surface area contributed by atoms with Crippen molar-refractivity contribution >= 4 is 27.4 Å². The van der Waals surface area contributed by atoms with Crippen molar-refractivity contribution in [3.8, 4) is 0 Å². The molecule has 0 aliphatic heterocycles. The molecular weight excluding hydrogens is 304 g/mol. The molecule has 0 aliphatic rings. The number of hydrogen-bond acceptors (Lipinski definition) is 4. The number of sulfone groups is 1. The first-order chi connectivity index (χ1) is 9.89. The third kappa shape index (κ3) is 3.95. The molecule has 2 aromatic rings. The Balaban J connectivity index is 2.25. The molecule has 0 aliphatic carbocycles. The molecule has 0 bridgehead atoms. The Morgan fingerprint density at radius 1 is 1.00 bits per heavy atom. The molecule has 0 saturated heterocycles. The summed E-state index contributed by atoms with van der Waals surface area (Å²) in [5, 5.41) is -0.352. The van der Waals surface area contributed by atoms with Gasteiger partial charge in [-0.25, -0.2) is 8.42 Å². The van der Waals surface area contributed by atoms with Gasteiger partial charge in [-0.1, -0.05) is 42.5 Å². The maximum atomic E-state index is 12.3. The third-order valence-electron chi connectivity index (χ3n) is 2.98. The minimum Gasteiger partial charge on any atom is -0.293 e. The van der Waals surface area contributed by atoms with E-state index in [0.29, 0.717) is 10.5 Å². The van der Waals surface area contributed by atoms with Gasteiger partial charge in [0, 0.05) is 16.7 Å². The molecule has 3 nitrogen and oxygen atoms in total. The fraction of sp³-hybridized carbons (Fsp3) is 0.188. The van der Waals surface area contributed by atoms with Crippen molar-refractivity contribution in [1.29, 1.82) is 0 Å². The highest BCUT2D eigenvalue weighted by Gasteiger charge is 2.20. The molecule has 110 valence electrons. The second kappa shape index (κ2) is 6.45. The predicted octanol–water partition coefficient (Wildman–Crippen LogP) is 3.45. The number of benzene rings is 2. The maximum Gasteiger partial charge on any atom is 0.176 e. The molecule has 0 saturated carbocycles. The molecule has 5 heteroatoms. The molecule has 0 radical (unpaired) electrons. The summed E-state index contributed by atoms with van der Waals surface area (Å²) in [6, 6.07) is 15.8. The number of carbonyl (C=O) groups is 1. The van der Waals surface area contributed by atoms with E-state index in [0.717, 1.165) is 0 Å². The number of Topliss-reactive ketones (excluding diaryl/α,β-unsaturated/α-hetero) is 1. The van der Waals surface area contributed by atoms with Gasteiger partial charge in [-0.15, -0.1) is 11.8 Å². The minimum atomic E-state index is -3.30. The van der Waals surface area contributed by atoms with Gasteiger partial charge in [-0.2, -0.15) is 0 Å². The molecule has 1 unspecified atom stereocenters. The monoisotopic (exact) mass is 320 g/mol. The Morgan fingerprint density at radius 2 is 1.57 bits per heavy atom. The lowest BCUT2D eigenvalue weighted by atomic mass is 10.1. The van der Waals surface area contributed by atoms with Crippen LogP contribution in [0.15, 0.2) is 64.4 Å². The lowest BCUT2D eigenvalue weighted by molar-refractivity contribution is 0.0994. The van der Waals surface area contributed by atoms with Crippen LogP contribution in [0.3, 0.4) is 0 Å². The zero-order valence-electron chi connectivity index (χ0n) is 11.8. The Bertz CT molecular complexity index is 737. The van der Waals surface area contributed by atoms with E-state index in [1.807, 2.05) is 18.2 Å². The van der Waals surface area contributed by atoms with Gasteiger partial charge in [-0.05, 0) is 19.1 Å². The molecule has 1 atom stereocenters. The summed E-state index contributed by atoms with van der Waals surface area (Å²) in [5.74, 6) is -0.0103. The van der Waals surface area contributed by atoms with Crippen molar-refractivity contribution in [1.82, 2.24) is 0 Å². The first kappa shape index (κ1) is 15.8. The van der Waals surface area contributed by atoms with E-state index >= 15 is 0 Å². The van der Waals surface area contributed by atoms with Crippen LogP contribution in [-0.4, -0.2) is 25.7 Å². The van der Waals surface area contributed by atoms with E-state index in [-0.39, 0.29) is 15.9 Å². The second-order valence-corrected chi connectivity index (χ2v) is 8.08. The van der Waals surface area contributed by atoms with Crippen molar-refractivity contribution < 1.29 is 13.2 Å². The molecular formula is C16H16O3S2. The molecule has 0 spiro atoms. The quantitative estimate of drug-likeness (QED) is 0.625. The summed E-state index contributed by atoms with van der Waals surface area (Å²) in [6.07, 6.45) is 1.18. The van der Waals surface area contributed by atoms with Crippen LogP contribution in [0.2, 0.25) is 0 Å². The van der Waals surface area contributed by atoms with Crippen LogP contribution in [0.5, 0.6) is 0 Å². The van der Waals surface area contributed by atoms with Gasteiger partial charge in [0.15, 0.2) is 15.6 Å². The summed E-state index contributed by atoms with van der Waals surface area (Å²) in [7, 11) is -3.30. The molecule has 0 fully saturated rings. The van der Waals surface area contributed by atoms with Crippen LogP contribution < -0.4 is 0 Å². The van der Waals surface area contributed by atoms with Crippen molar-refractivity contribution in [3.05, 3.63) is 60.2 Å². The Hall–Kier alpha value is -1.59. The van der Waals surface area contributed by atoms with Crippen LogP contribution in [-0.2, 0) is 9.84 Å². The highest BCUT2D eigenvalue weighted by atomic mass is 32.2. The molecule has 2 aromatic carbocycles. The van der Waals surface area contributed by atoms with Crippen molar-refractivity contribution in [2.45, 2.75) is 22.0 Å². The molecule has 2 rings (SSSR count). The Labute approximate surface area is 129 Å². The lowest BCUT2D eigenvalue weighted by Gasteiger charge is -2.13. The van der Waals surface area contributed by atoms with E-state index in [1.54, 1.807) is 43.3 Å². The normalized spacial score (nSPS) is 12.9. The van der Waals surface area contributed by atoms with Crippen molar-refractivity contribution in [3.63, 3.8) is 0 Å². The van der Waals surface area contributed by atoms with Gasteiger partial charge in [0.2, 0.25) is 0 Å². The van der Waals surface area contributed by atoms with Crippen LogP contribution in [0.25, 0.3) is 0 Å². The van der Waals surface area contributed by atoms with Crippen LogP contribution in [0.4, 0.5) is 0 Å². The standard InChI is InChI=1S/C16H16O3S2/c1-12(16(17)13-8-4-3-5-9-13)20-14-10-6-7-11-15(14)21(2,18)19/h3-12H,1-2H3. The summed E-state index contributed by atoms with van der Waals surface area (Å²) >= 11 is 1.27. The molecule has 0 heterocycles. The SMILES string of the molecule is CC(Sc1ccccc1S(C)(=O)=O)C(=O)c1ccccc1. The first-order valence-corrected chi connectivity index (χ1v) is 9.21. The zero-order valence-corrected chi connectivity index (χ0v) is 13.4. The summed E-state index contributed by atoms with van der Waals surface area (Å²) in [5.41, 5.74) is 0.634. The molecule has 21 heavy (non-hydrogen) atoms. The van der Waals surface area contributed by atoms with E-state index < -0.39 is 9.84 Å². The highest BCUT2D eigenvalue weighted by molar-refractivity contribution is 8.01. The summed E-state index contributed by atoms with van der Waals surface area (Å²) in [6.45, 7) is 1.79. The average molecular weight is 320 g/mol. The van der Waals surface area contributed by atoms with Gasteiger partial charge >= 0.3 is 0 Å².